The van der Waals surface area contributed by atoms with Crippen LogP contribution in [-0.2, 0) is 9.53 Å². The van der Waals surface area contributed by atoms with E-state index < -0.39 is 5.97 Å². The van der Waals surface area contributed by atoms with Crippen LogP contribution in [0.4, 0.5) is 10.7 Å². The quantitative estimate of drug-likeness (QED) is 0.620. The third kappa shape index (κ3) is 5.28. The van der Waals surface area contributed by atoms with Crippen LogP contribution in [0, 0.1) is 13.8 Å². The standard InChI is InChI=1S/C23H30N4O4S/c1-5-31-23(30)19-16(3)20(21(29)24-4)32-22(19)25-18(28)14-26-10-12-27(13-11-26)17-9-7-6-8-15(17)2/h6-9H,5,10-14H2,1-4H3,(H,24,29)(H,25,28). The normalized spacial score (nSPS) is 14.2. The molecule has 9 heteroatoms. The zero-order chi connectivity index (χ0) is 23.3. The van der Waals surface area contributed by atoms with E-state index >= 15 is 0 Å². The number of hydrogen-bond donors (Lipinski definition) is 2. The number of carbonyl (C=O) groups excluding carboxylic acids is 3. The van der Waals surface area contributed by atoms with Crippen molar-refractivity contribution in [3.63, 3.8) is 0 Å². The lowest BCUT2D eigenvalue weighted by molar-refractivity contribution is -0.117. The number of amides is 2. The summed E-state index contributed by atoms with van der Waals surface area (Å²) in [4.78, 5) is 42.2. The number of aryl methyl sites for hydroxylation is 1. The van der Waals surface area contributed by atoms with Gasteiger partial charge in [0.25, 0.3) is 5.91 Å². The maximum absolute atomic E-state index is 12.8. The van der Waals surface area contributed by atoms with Crippen molar-refractivity contribution >= 4 is 39.8 Å². The Morgan fingerprint density at radius 2 is 1.78 bits per heavy atom. The molecule has 32 heavy (non-hydrogen) atoms. The molecule has 172 valence electrons. The minimum absolute atomic E-state index is 0.210. The zero-order valence-electron chi connectivity index (χ0n) is 19.0. The molecule has 8 nitrogen and oxygen atoms in total. The van der Waals surface area contributed by atoms with Gasteiger partial charge in [0.2, 0.25) is 5.91 Å². The first kappa shape index (κ1) is 23.7. The molecule has 3 rings (SSSR count). The number of rotatable bonds is 7. The van der Waals surface area contributed by atoms with Crippen LogP contribution in [0.2, 0.25) is 0 Å². The maximum atomic E-state index is 12.8. The van der Waals surface area contributed by atoms with Crippen LogP contribution in [0.1, 0.15) is 38.1 Å². The Bertz CT molecular complexity index is 996. The van der Waals surface area contributed by atoms with Crippen molar-refractivity contribution in [2.75, 3.05) is 56.6 Å². The summed E-state index contributed by atoms with van der Waals surface area (Å²) < 4.78 is 5.14. The number of thiophene rings is 1. The monoisotopic (exact) mass is 458 g/mol. The Morgan fingerprint density at radius 1 is 1.09 bits per heavy atom. The fraction of sp³-hybridized carbons (Fsp3) is 0.435. The highest BCUT2D eigenvalue weighted by Gasteiger charge is 2.27. The number of nitrogens with zero attached hydrogens (tertiary/aromatic N) is 2. The summed E-state index contributed by atoms with van der Waals surface area (Å²) in [5.41, 5.74) is 3.22. The van der Waals surface area contributed by atoms with Crippen molar-refractivity contribution in [1.29, 1.82) is 0 Å². The SMILES string of the molecule is CCOC(=O)c1c(NC(=O)CN2CCN(c3ccccc3C)CC2)sc(C(=O)NC)c1C. The molecule has 0 radical (unpaired) electrons. The van der Waals surface area contributed by atoms with Crippen LogP contribution in [0.3, 0.4) is 0 Å². The second-order valence-electron chi connectivity index (χ2n) is 7.66. The largest absolute Gasteiger partial charge is 0.462 e. The van der Waals surface area contributed by atoms with Crippen LogP contribution in [0.15, 0.2) is 24.3 Å². The highest BCUT2D eigenvalue weighted by molar-refractivity contribution is 7.18. The first-order valence-electron chi connectivity index (χ1n) is 10.7. The van der Waals surface area contributed by atoms with E-state index in [-0.39, 0.29) is 30.5 Å². The average Bonchev–Trinajstić information content (AvgIpc) is 3.10. The van der Waals surface area contributed by atoms with Crippen molar-refractivity contribution in [3.05, 3.63) is 45.8 Å². The van der Waals surface area contributed by atoms with E-state index in [9.17, 15) is 14.4 Å². The Hall–Kier alpha value is -2.91. The zero-order valence-corrected chi connectivity index (χ0v) is 19.8. The number of hydrogen-bond acceptors (Lipinski definition) is 7. The summed E-state index contributed by atoms with van der Waals surface area (Å²) in [6.07, 6.45) is 0. The molecule has 0 unspecified atom stereocenters. The van der Waals surface area contributed by atoms with Gasteiger partial charge >= 0.3 is 5.97 Å². The Balaban J connectivity index is 1.65. The first-order chi connectivity index (χ1) is 15.3. The van der Waals surface area contributed by atoms with Crippen LogP contribution in [0.25, 0.3) is 0 Å². The molecular formula is C23H30N4O4S. The molecule has 2 amide bonds. The summed E-state index contributed by atoms with van der Waals surface area (Å²) >= 11 is 1.09. The summed E-state index contributed by atoms with van der Waals surface area (Å²) in [7, 11) is 1.53. The fourth-order valence-electron chi connectivity index (χ4n) is 3.82. The van der Waals surface area contributed by atoms with Crippen molar-refractivity contribution in [2.45, 2.75) is 20.8 Å². The third-order valence-corrected chi connectivity index (χ3v) is 6.71. The summed E-state index contributed by atoms with van der Waals surface area (Å²) in [6, 6.07) is 8.30. The van der Waals surface area contributed by atoms with Gasteiger partial charge in [0.15, 0.2) is 0 Å². The lowest BCUT2D eigenvalue weighted by atomic mass is 10.1. The molecule has 1 aromatic carbocycles. The van der Waals surface area contributed by atoms with Crippen molar-refractivity contribution in [1.82, 2.24) is 10.2 Å². The van der Waals surface area contributed by atoms with E-state index in [4.69, 9.17) is 4.74 Å². The van der Waals surface area contributed by atoms with Crippen LogP contribution >= 0.6 is 11.3 Å². The summed E-state index contributed by atoms with van der Waals surface area (Å²) in [6.45, 7) is 9.14. The number of esters is 1. The van der Waals surface area contributed by atoms with Gasteiger partial charge < -0.3 is 20.3 Å². The highest BCUT2D eigenvalue weighted by Crippen LogP contribution is 2.33. The second kappa shape index (κ2) is 10.6. The minimum Gasteiger partial charge on any atom is -0.462 e. The number of ether oxygens (including phenoxy) is 1. The lowest BCUT2D eigenvalue weighted by Gasteiger charge is -2.36. The van der Waals surface area contributed by atoms with Gasteiger partial charge in [-0.15, -0.1) is 11.3 Å². The van der Waals surface area contributed by atoms with Gasteiger partial charge in [-0.2, -0.15) is 0 Å². The molecule has 1 aliphatic heterocycles. The molecule has 1 fully saturated rings. The second-order valence-corrected chi connectivity index (χ2v) is 8.68. The number of benzene rings is 1. The lowest BCUT2D eigenvalue weighted by Crippen LogP contribution is -2.48. The van der Waals surface area contributed by atoms with Crippen molar-refractivity contribution in [2.24, 2.45) is 0 Å². The Morgan fingerprint density at radius 3 is 2.41 bits per heavy atom. The molecule has 1 aromatic heterocycles. The topological polar surface area (TPSA) is 91.0 Å². The van der Waals surface area contributed by atoms with Crippen LogP contribution in [0.5, 0.6) is 0 Å². The molecule has 0 atom stereocenters. The molecular weight excluding hydrogens is 428 g/mol. The van der Waals surface area contributed by atoms with Gasteiger partial charge in [-0.25, -0.2) is 4.79 Å². The van der Waals surface area contributed by atoms with Crippen molar-refractivity contribution < 1.29 is 19.1 Å². The van der Waals surface area contributed by atoms with Gasteiger partial charge in [-0.3, -0.25) is 14.5 Å². The predicted molar refractivity (Wildman–Crippen MR) is 127 cm³/mol. The van der Waals surface area contributed by atoms with E-state index in [1.165, 1.54) is 18.3 Å². The van der Waals surface area contributed by atoms with E-state index in [2.05, 4.69) is 39.5 Å². The Kier molecular flexibility index (Phi) is 7.87. The molecule has 2 aromatic rings. The number of piperazine rings is 1. The van der Waals surface area contributed by atoms with Crippen LogP contribution < -0.4 is 15.5 Å². The van der Waals surface area contributed by atoms with E-state index in [0.717, 1.165) is 37.5 Å². The number of para-hydroxylation sites is 1. The number of nitrogens with one attached hydrogen (secondary N) is 2. The maximum Gasteiger partial charge on any atom is 0.341 e. The average molecular weight is 459 g/mol. The van der Waals surface area contributed by atoms with E-state index in [1.807, 2.05) is 12.1 Å². The fourth-order valence-corrected chi connectivity index (χ4v) is 4.97. The first-order valence-corrected chi connectivity index (χ1v) is 11.5. The summed E-state index contributed by atoms with van der Waals surface area (Å²) in [5.74, 6) is -1.06. The van der Waals surface area contributed by atoms with Gasteiger partial charge in [0.05, 0.1) is 23.6 Å². The number of anilines is 2. The highest BCUT2D eigenvalue weighted by atomic mass is 32.1. The molecule has 0 saturated carbocycles. The molecule has 2 heterocycles. The van der Waals surface area contributed by atoms with Crippen LogP contribution in [-0.4, -0.2) is 69.1 Å². The van der Waals surface area contributed by atoms with Gasteiger partial charge in [0, 0.05) is 38.9 Å². The summed E-state index contributed by atoms with van der Waals surface area (Å²) in [5, 5.41) is 5.75. The van der Waals surface area contributed by atoms with Gasteiger partial charge in [0.1, 0.15) is 5.00 Å². The molecule has 1 saturated heterocycles. The molecule has 0 aliphatic carbocycles. The number of carbonyl (C=O) groups is 3. The smallest absolute Gasteiger partial charge is 0.341 e. The predicted octanol–water partition coefficient (Wildman–Crippen LogP) is 2.66. The Labute approximate surface area is 192 Å². The minimum atomic E-state index is -0.543. The van der Waals surface area contributed by atoms with Crippen molar-refractivity contribution in [3.8, 4) is 0 Å². The third-order valence-electron chi connectivity index (χ3n) is 5.51. The van der Waals surface area contributed by atoms with E-state index in [1.54, 1.807) is 13.8 Å². The van der Waals surface area contributed by atoms with Gasteiger partial charge in [-0.05, 0) is 38.0 Å². The molecule has 0 bridgehead atoms. The van der Waals surface area contributed by atoms with Gasteiger partial charge in [-0.1, -0.05) is 18.2 Å². The molecule has 0 spiro atoms. The molecule has 1 aliphatic rings. The molecule has 2 N–H and O–H groups in total. The van der Waals surface area contributed by atoms with E-state index in [0.29, 0.717) is 15.4 Å².